The minimum Gasteiger partial charge on any atom is -0.332 e. The van der Waals surface area contributed by atoms with Crippen LogP contribution in [-0.4, -0.2) is 21.4 Å². The van der Waals surface area contributed by atoms with E-state index in [9.17, 15) is 18.8 Å². The van der Waals surface area contributed by atoms with E-state index in [-0.39, 0.29) is 28.9 Å². The number of benzene rings is 2. The molecule has 27 heavy (non-hydrogen) atoms. The number of nitrogens with one attached hydrogen (secondary N) is 3. The molecular formula is C18H15FN4O3S. The van der Waals surface area contributed by atoms with Gasteiger partial charge in [-0.2, -0.15) is 0 Å². The monoisotopic (exact) mass is 386 g/mol. The fourth-order valence-electron chi connectivity index (χ4n) is 2.52. The first kappa shape index (κ1) is 18.5. The summed E-state index contributed by atoms with van der Waals surface area (Å²) in [6.07, 6.45) is -0.104. The fraction of sp³-hybridized carbons (Fsp3) is 0.111. The molecule has 0 atom stereocenters. The molecule has 3 N–H and O–H groups in total. The third-order valence-electron chi connectivity index (χ3n) is 3.89. The number of aromatic amines is 1. The Morgan fingerprint density at radius 1 is 1.07 bits per heavy atom. The lowest BCUT2D eigenvalue weighted by Crippen LogP contribution is -2.42. The van der Waals surface area contributed by atoms with E-state index in [1.54, 1.807) is 24.3 Å². The summed E-state index contributed by atoms with van der Waals surface area (Å²) < 4.78 is 15.0. The van der Waals surface area contributed by atoms with Crippen LogP contribution in [-0.2, 0) is 11.3 Å². The van der Waals surface area contributed by atoms with E-state index < -0.39 is 17.6 Å². The van der Waals surface area contributed by atoms with Crippen molar-refractivity contribution in [1.82, 2.24) is 20.4 Å². The van der Waals surface area contributed by atoms with Gasteiger partial charge in [0.1, 0.15) is 5.82 Å². The second-order valence-corrected chi connectivity index (χ2v) is 6.05. The molecule has 7 nitrogen and oxygen atoms in total. The van der Waals surface area contributed by atoms with E-state index in [1.165, 1.54) is 22.8 Å². The van der Waals surface area contributed by atoms with E-state index in [1.807, 2.05) is 0 Å². The zero-order chi connectivity index (χ0) is 19.4. The van der Waals surface area contributed by atoms with Crippen LogP contribution in [0.15, 0.2) is 53.3 Å². The molecule has 0 spiro atoms. The maximum atomic E-state index is 13.5. The Labute approximate surface area is 157 Å². The van der Waals surface area contributed by atoms with Gasteiger partial charge in [-0.1, -0.05) is 24.3 Å². The zero-order valence-electron chi connectivity index (χ0n) is 14.0. The van der Waals surface area contributed by atoms with Crippen molar-refractivity contribution in [3.63, 3.8) is 0 Å². The summed E-state index contributed by atoms with van der Waals surface area (Å²) in [5.74, 6) is -2.02. The largest absolute Gasteiger partial charge is 0.332 e. The number of fused-ring (bicyclic) bond motifs is 1. The van der Waals surface area contributed by atoms with Gasteiger partial charge in [0.2, 0.25) is 5.91 Å². The van der Waals surface area contributed by atoms with E-state index in [4.69, 9.17) is 12.2 Å². The van der Waals surface area contributed by atoms with Crippen LogP contribution >= 0.6 is 12.2 Å². The lowest BCUT2D eigenvalue weighted by Gasteiger charge is -2.10. The van der Waals surface area contributed by atoms with Crippen molar-refractivity contribution in [3.05, 3.63) is 75.0 Å². The SMILES string of the molecule is O=C(CCn1c(=S)[nH]c2ccccc2c1=O)NNC(=O)c1ccccc1F. The molecule has 2 amide bonds. The summed E-state index contributed by atoms with van der Waals surface area (Å²) in [6.45, 7) is 0.0282. The molecule has 0 aliphatic rings. The van der Waals surface area contributed by atoms with E-state index in [2.05, 4.69) is 15.8 Å². The first-order valence-electron chi connectivity index (χ1n) is 8.03. The topological polar surface area (TPSA) is 96.0 Å². The summed E-state index contributed by atoms with van der Waals surface area (Å²) in [5, 5.41) is 0.458. The van der Waals surface area contributed by atoms with Crippen LogP contribution in [0.25, 0.3) is 10.9 Å². The summed E-state index contributed by atoms with van der Waals surface area (Å²) >= 11 is 5.17. The number of rotatable bonds is 4. The maximum absolute atomic E-state index is 13.5. The Bertz CT molecular complexity index is 1140. The molecule has 9 heteroatoms. The number of para-hydroxylation sites is 1. The number of halogens is 1. The number of amides is 2. The summed E-state index contributed by atoms with van der Waals surface area (Å²) in [5.41, 5.74) is 4.44. The molecule has 1 heterocycles. The average Bonchev–Trinajstić information content (AvgIpc) is 2.66. The first-order chi connectivity index (χ1) is 13.0. The maximum Gasteiger partial charge on any atom is 0.272 e. The summed E-state index contributed by atoms with van der Waals surface area (Å²) in [6, 6.07) is 12.3. The number of aromatic nitrogens is 2. The Kier molecular flexibility index (Phi) is 5.41. The minimum atomic E-state index is -0.776. The molecule has 138 valence electrons. The Morgan fingerprint density at radius 3 is 2.56 bits per heavy atom. The Morgan fingerprint density at radius 2 is 1.78 bits per heavy atom. The molecule has 0 radical (unpaired) electrons. The van der Waals surface area contributed by atoms with Crippen LogP contribution in [0.4, 0.5) is 4.39 Å². The minimum absolute atomic E-state index is 0.0282. The molecule has 0 saturated carbocycles. The molecule has 3 aromatic rings. The van der Waals surface area contributed by atoms with Crippen LogP contribution in [0.1, 0.15) is 16.8 Å². The van der Waals surface area contributed by atoms with E-state index in [0.717, 1.165) is 6.07 Å². The predicted octanol–water partition coefficient (Wildman–Crippen LogP) is 2.05. The van der Waals surface area contributed by atoms with Gasteiger partial charge in [0.25, 0.3) is 11.5 Å². The standard InChI is InChI=1S/C18H15FN4O3S/c19-13-7-3-1-5-11(13)16(25)22-21-15(24)9-10-23-17(26)12-6-2-4-8-14(12)20-18(23)27/h1-8H,9-10H2,(H,20,27)(H,21,24)(H,22,25). The lowest BCUT2D eigenvalue weighted by atomic mass is 10.2. The highest BCUT2D eigenvalue weighted by atomic mass is 32.1. The fourth-order valence-corrected chi connectivity index (χ4v) is 2.80. The van der Waals surface area contributed by atoms with E-state index >= 15 is 0 Å². The van der Waals surface area contributed by atoms with Gasteiger partial charge in [0.15, 0.2) is 4.77 Å². The second-order valence-electron chi connectivity index (χ2n) is 5.66. The number of nitrogens with zero attached hydrogens (tertiary/aromatic N) is 1. The first-order valence-corrected chi connectivity index (χ1v) is 8.44. The van der Waals surface area contributed by atoms with Crippen LogP contribution in [0.3, 0.4) is 0 Å². The normalized spacial score (nSPS) is 10.6. The zero-order valence-corrected chi connectivity index (χ0v) is 14.8. The molecule has 1 aromatic heterocycles. The van der Waals surface area contributed by atoms with E-state index in [0.29, 0.717) is 10.9 Å². The van der Waals surface area contributed by atoms with Crippen molar-refractivity contribution in [2.24, 2.45) is 0 Å². The molecule has 0 aliphatic heterocycles. The summed E-state index contributed by atoms with van der Waals surface area (Å²) in [7, 11) is 0. The number of hydrogen-bond acceptors (Lipinski definition) is 4. The number of carbonyl (C=O) groups is 2. The number of carbonyl (C=O) groups excluding carboxylic acids is 2. The van der Waals surface area contributed by atoms with Crippen LogP contribution < -0.4 is 16.4 Å². The third kappa shape index (κ3) is 4.09. The highest BCUT2D eigenvalue weighted by Crippen LogP contribution is 2.07. The number of H-pyrrole nitrogens is 1. The van der Waals surface area contributed by atoms with Gasteiger partial charge in [0, 0.05) is 13.0 Å². The van der Waals surface area contributed by atoms with Crippen molar-refractivity contribution in [2.75, 3.05) is 0 Å². The Balaban J connectivity index is 1.64. The van der Waals surface area contributed by atoms with Gasteiger partial charge < -0.3 is 4.98 Å². The molecule has 3 rings (SSSR count). The van der Waals surface area contributed by atoms with Crippen molar-refractivity contribution in [2.45, 2.75) is 13.0 Å². The molecule has 0 saturated heterocycles. The quantitative estimate of drug-likeness (QED) is 0.472. The molecular weight excluding hydrogens is 371 g/mol. The molecule has 2 aromatic carbocycles. The average molecular weight is 386 g/mol. The van der Waals surface area contributed by atoms with Crippen molar-refractivity contribution in [1.29, 1.82) is 0 Å². The second kappa shape index (κ2) is 7.92. The Hall–Kier alpha value is -3.33. The van der Waals surface area contributed by atoms with Crippen molar-refractivity contribution >= 4 is 34.9 Å². The van der Waals surface area contributed by atoms with Gasteiger partial charge in [-0.25, -0.2) is 4.39 Å². The highest BCUT2D eigenvalue weighted by Gasteiger charge is 2.12. The van der Waals surface area contributed by atoms with Crippen LogP contribution in [0.5, 0.6) is 0 Å². The molecule has 0 aliphatic carbocycles. The predicted molar refractivity (Wildman–Crippen MR) is 100 cm³/mol. The highest BCUT2D eigenvalue weighted by molar-refractivity contribution is 7.71. The van der Waals surface area contributed by atoms with Crippen LogP contribution in [0.2, 0.25) is 0 Å². The lowest BCUT2D eigenvalue weighted by molar-refractivity contribution is -0.122. The number of hydrazine groups is 1. The van der Waals surface area contributed by atoms with Crippen LogP contribution in [0, 0.1) is 10.6 Å². The van der Waals surface area contributed by atoms with Crippen molar-refractivity contribution < 1.29 is 14.0 Å². The smallest absolute Gasteiger partial charge is 0.272 e. The third-order valence-corrected chi connectivity index (χ3v) is 4.21. The molecule has 0 bridgehead atoms. The van der Waals surface area contributed by atoms with Gasteiger partial charge in [-0.05, 0) is 36.5 Å². The molecule has 0 unspecified atom stereocenters. The van der Waals surface area contributed by atoms with Gasteiger partial charge >= 0.3 is 0 Å². The molecule has 0 fully saturated rings. The van der Waals surface area contributed by atoms with Gasteiger partial charge in [0.05, 0.1) is 16.5 Å². The number of hydrogen-bond donors (Lipinski definition) is 3. The van der Waals surface area contributed by atoms with Crippen molar-refractivity contribution in [3.8, 4) is 0 Å². The summed E-state index contributed by atoms with van der Waals surface area (Å²) in [4.78, 5) is 39.2. The van der Waals surface area contributed by atoms with Gasteiger partial charge in [-0.3, -0.25) is 29.8 Å². The van der Waals surface area contributed by atoms with Gasteiger partial charge in [-0.15, -0.1) is 0 Å².